The zero-order valence-corrected chi connectivity index (χ0v) is 15.7. The number of halogens is 1. The van der Waals surface area contributed by atoms with Crippen LogP contribution >= 0.6 is 23.7 Å². The van der Waals surface area contributed by atoms with Crippen molar-refractivity contribution in [1.82, 2.24) is 4.57 Å². The average molecular weight is 371 g/mol. The standard InChI is InChI=1S/C17H22N2O3S.ClH/c1-4-22-15-8-6-14(7-9-15)18-17-19(10-5-11-20)12(2)16(23-17)13(3)21;/h6-9,20H,4-5,10-11H2,1-3H3;1H. The second-order valence-electron chi connectivity index (χ2n) is 5.12. The number of carbonyl (C=O) groups excluding carboxylic acids is 1. The number of aliphatic hydroxyl groups excluding tert-OH is 1. The SMILES string of the molecule is CCOc1ccc(N=c2sc(C(C)=O)c(C)n2CCCO)cc1.Cl. The first-order valence-corrected chi connectivity index (χ1v) is 8.48. The monoisotopic (exact) mass is 370 g/mol. The minimum absolute atomic E-state index is 0. The molecule has 0 aliphatic heterocycles. The second-order valence-corrected chi connectivity index (χ2v) is 6.10. The van der Waals surface area contributed by atoms with E-state index in [0.29, 0.717) is 24.4 Å². The van der Waals surface area contributed by atoms with Crippen molar-refractivity contribution in [2.75, 3.05) is 13.2 Å². The van der Waals surface area contributed by atoms with Crippen LogP contribution in [0.3, 0.4) is 0 Å². The van der Waals surface area contributed by atoms with E-state index in [-0.39, 0.29) is 24.8 Å². The molecule has 0 radical (unpaired) electrons. The topological polar surface area (TPSA) is 63.8 Å². The van der Waals surface area contributed by atoms with E-state index in [2.05, 4.69) is 4.99 Å². The summed E-state index contributed by atoms with van der Waals surface area (Å²) >= 11 is 1.39. The molecule has 2 rings (SSSR count). The summed E-state index contributed by atoms with van der Waals surface area (Å²) in [7, 11) is 0. The van der Waals surface area contributed by atoms with Gasteiger partial charge in [-0.3, -0.25) is 4.79 Å². The third-order valence-corrected chi connectivity index (χ3v) is 4.67. The van der Waals surface area contributed by atoms with Gasteiger partial charge in [-0.15, -0.1) is 12.4 Å². The number of hydrogen-bond acceptors (Lipinski definition) is 5. The molecular formula is C17H23ClN2O3S. The fraction of sp³-hybridized carbons (Fsp3) is 0.412. The smallest absolute Gasteiger partial charge is 0.190 e. The quantitative estimate of drug-likeness (QED) is 0.759. The Balaban J connectivity index is 0.00000288. The molecule has 0 amide bonds. The van der Waals surface area contributed by atoms with Crippen molar-refractivity contribution in [3.8, 4) is 5.75 Å². The first kappa shape index (κ1) is 20.4. The summed E-state index contributed by atoms with van der Waals surface area (Å²) in [4.78, 5) is 17.9. The molecule has 132 valence electrons. The summed E-state index contributed by atoms with van der Waals surface area (Å²) in [6, 6.07) is 7.55. The fourth-order valence-corrected chi connectivity index (χ4v) is 3.36. The zero-order chi connectivity index (χ0) is 16.8. The Kier molecular flexibility index (Phi) is 8.18. The van der Waals surface area contributed by atoms with Gasteiger partial charge in [0.1, 0.15) is 5.75 Å². The highest BCUT2D eigenvalue weighted by Crippen LogP contribution is 2.19. The van der Waals surface area contributed by atoms with Gasteiger partial charge in [0.25, 0.3) is 0 Å². The molecule has 1 aromatic carbocycles. The molecule has 5 nitrogen and oxygen atoms in total. The van der Waals surface area contributed by atoms with Crippen LogP contribution in [0.2, 0.25) is 0 Å². The summed E-state index contributed by atoms with van der Waals surface area (Å²) in [6.07, 6.45) is 0.630. The number of nitrogens with zero attached hydrogens (tertiary/aromatic N) is 2. The van der Waals surface area contributed by atoms with Gasteiger partial charge in [-0.1, -0.05) is 11.3 Å². The number of benzene rings is 1. The maximum Gasteiger partial charge on any atom is 0.190 e. The lowest BCUT2D eigenvalue weighted by Gasteiger charge is -2.05. The minimum Gasteiger partial charge on any atom is -0.494 e. The molecule has 0 atom stereocenters. The number of ketones is 1. The van der Waals surface area contributed by atoms with E-state index in [4.69, 9.17) is 9.84 Å². The first-order chi connectivity index (χ1) is 11.1. The van der Waals surface area contributed by atoms with E-state index in [9.17, 15) is 4.79 Å². The van der Waals surface area contributed by atoms with Crippen molar-refractivity contribution < 1.29 is 14.6 Å². The van der Waals surface area contributed by atoms with Crippen LogP contribution in [0.1, 0.15) is 35.6 Å². The van der Waals surface area contributed by atoms with Crippen LogP contribution in [0.25, 0.3) is 0 Å². The van der Waals surface area contributed by atoms with Crippen LogP contribution < -0.4 is 9.54 Å². The Hall–Kier alpha value is -1.63. The molecule has 24 heavy (non-hydrogen) atoms. The highest BCUT2D eigenvalue weighted by Gasteiger charge is 2.13. The number of carbonyl (C=O) groups is 1. The number of Topliss-reactive ketones (excluding diaryl/α,β-unsaturated/α-hetero) is 1. The van der Waals surface area contributed by atoms with Gasteiger partial charge in [-0.2, -0.15) is 0 Å². The summed E-state index contributed by atoms with van der Waals surface area (Å²) in [6.45, 7) is 6.81. The zero-order valence-electron chi connectivity index (χ0n) is 14.1. The number of thiazole rings is 1. The Morgan fingerprint density at radius 1 is 1.33 bits per heavy atom. The molecule has 0 saturated heterocycles. The van der Waals surface area contributed by atoms with Crippen LogP contribution in [-0.2, 0) is 6.54 Å². The molecule has 1 aromatic heterocycles. The molecule has 0 fully saturated rings. The van der Waals surface area contributed by atoms with Crippen molar-refractivity contribution >= 4 is 35.2 Å². The average Bonchev–Trinajstić information content (AvgIpc) is 2.84. The largest absolute Gasteiger partial charge is 0.494 e. The highest BCUT2D eigenvalue weighted by atomic mass is 35.5. The molecule has 0 unspecified atom stereocenters. The molecule has 7 heteroatoms. The number of hydrogen-bond donors (Lipinski definition) is 1. The van der Waals surface area contributed by atoms with Gasteiger partial charge in [0.05, 0.1) is 17.2 Å². The van der Waals surface area contributed by atoms with Gasteiger partial charge >= 0.3 is 0 Å². The van der Waals surface area contributed by atoms with E-state index in [0.717, 1.165) is 21.9 Å². The van der Waals surface area contributed by atoms with Gasteiger partial charge in [-0.05, 0) is 44.5 Å². The molecule has 1 heterocycles. The number of ether oxygens (including phenoxy) is 1. The van der Waals surface area contributed by atoms with Gasteiger partial charge in [0.2, 0.25) is 0 Å². The lowest BCUT2D eigenvalue weighted by atomic mass is 10.3. The predicted octanol–water partition coefficient (Wildman–Crippen LogP) is 3.50. The normalized spacial score (nSPS) is 11.2. The van der Waals surface area contributed by atoms with Crippen molar-refractivity contribution in [1.29, 1.82) is 0 Å². The molecule has 2 aromatic rings. The Morgan fingerprint density at radius 2 is 2.00 bits per heavy atom. The van der Waals surface area contributed by atoms with Crippen molar-refractivity contribution in [2.45, 2.75) is 33.7 Å². The van der Waals surface area contributed by atoms with Crippen LogP contribution in [0, 0.1) is 6.92 Å². The molecule has 0 spiro atoms. The van der Waals surface area contributed by atoms with Crippen LogP contribution in [0.5, 0.6) is 5.75 Å². The fourth-order valence-electron chi connectivity index (χ4n) is 2.28. The molecule has 1 N–H and O–H groups in total. The lowest BCUT2D eigenvalue weighted by molar-refractivity contribution is 0.102. The first-order valence-electron chi connectivity index (χ1n) is 7.66. The number of aliphatic hydroxyl groups is 1. The Labute approximate surface area is 152 Å². The summed E-state index contributed by atoms with van der Waals surface area (Å²) in [5.74, 6) is 0.852. The molecular weight excluding hydrogens is 348 g/mol. The maximum absolute atomic E-state index is 11.8. The van der Waals surface area contributed by atoms with Gasteiger partial charge < -0.3 is 14.4 Å². The van der Waals surface area contributed by atoms with E-state index in [1.807, 2.05) is 42.7 Å². The van der Waals surface area contributed by atoms with E-state index in [1.54, 1.807) is 6.92 Å². The van der Waals surface area contributed by atoms with Gasteiger partial charge in [0.15, 0.2) is 10.6 Å². The maximum atomic E-state index is 11.8. The van der Waals surface area contributed by atoms with E-state index in [1.165, 1.54) is 11.3 Å². The lowest BCUT2D eigenvalue weighted by Crippen LogP contribution is -2.17. The van der Waals surface area contributed by atoms with Crippen molar-refractivity contribution in [2.24, 2.45) is 4.99 Å². The number of rotatable bonds is 7. The highest BCUT2D eigenvalue weighted by molar-refractivity contribution is 7.11. The third kappa shape index (κ3) is 4.93. The third-order valence-electron chi connectivity index (χ3n) is 3.39. The Bertz CT molecular complexity index is 735. The summed E-state index contributed by atoms with van der Waals surface area (Å²) in [5, 5.41) is 9.07. The molecule has 0 aliphatic rings. The Morgan fingerprint density at radius 3 is 2.54 bits per heavy atom. The number of aromatic nitrogens is 1. The summed E-state index contributed by atoms with van der Waals surface area (Å²) in [5.41, 5.74) is 1.71. The molecule has 0 bridgehead atoms. The van der Waals surface area contributed by atoms with Crippen molar-refractivity contribution in [3.05, 3.63) is 39.6 Å². The van der Waals surface area contributed by atoms with Gasteiger partial charge in [0, 0.05) is 25.8 Å². The van der Waals surface area contributed by atoms with Crippen LogP contribution in [0.15, 0.2) is 29.3 Å². The minimum atomic E-state index is 0. The molecule has 0 aliphatic carbocycles. The van der Waals surface area contributed by atoms with Crippen molar-refractivity contribution in [3.63, 3.8) is 0 Å². The van der Waals surface area contributed by atoms with Crippen LogP contribution in [-0.4, -0.2) is 28.7 Å². The van der Waals surface area contributed by atoms with Crippen LogP contribution in [0.4, 0.5) is 5.69 Å². The second kappa shape index (κ2) is 9.61. The van der Waals surface area contributed by atoms with E-state index < -0.39 is 0 Å². The molecule has 0 saturated carbocycles. The summed E-state index contributed by atoms with van der Waals surface area (Å²) < 4.78 is 7.42. The van der Waals surface area contributed by atoms with E-state index >= 15 is 0 Å². The predicted molar refractivity (Wildman–Crippen MR) is 98.8 cm³/mol. The van der Waals surface area contributed by atoms with Gasteiger partial charge in [-0.25, -0.2) is 4.99 Å².